The molecule has 7 nitrogen and oxygen atoms in total. The molecule has 1 saturated heterocycles. The summed E-state index contributed by atoms with van der Waals surface area (Å²) in [5, 5.41) is 24.2. The van der Waals surface area contributed by atoms with Gasteiger partial charge in [0.15, 0.2) is 0 Å². The zero-order chi connectivity index (χ0) is 18.2. The van der Waals surface area contributed by atoms with Gasteiger partial charge in [-0.15, -0.1) is 0 Å². The normalized spacial score (nSPS) is 17.2. The van der Waals surface area contributed by atoms with Crippen LogP contribution in [0.15, 0.2) is 24.3 Å². The maximum absolute atomic E-state index is 12.1. The zero-order valence-electron chi connectivity index (χ0n) is 14.7. The Balaban J connectivity index is 1.80. The van der Waals surface area contributed by atoms with Crippen LogP contribution >= 0.6 is 0 Å². The fraction of sp³-hybridized carbons (Fsp3) is 0.611. The molecule has 138 valence electrons. The van der Waals surface area contributed by atoms with Crippen LogP contribution in [0.25, 0.3) is 0 Å². The lowest BCUT2D eigenvalue weighted by Gasteiger charge is -2.32. The van der Waals surface area contributed by atoms with Gasteiger partial charge in [-0.3, -0.25) is 14.9 Å². The van der Waals surface area contributed by atoms with Crippen molar-refractivity contribution in [2.24, 2.45) is 5.92 Å². The first-order valence-electron chi connectivity index (χ1n) is 8.93. The zero-order valence-corrected chi connectivity index (χ0v) is 14.7. The van der Waals surface area contributed by atoms with Gasteiger partial charge in [0, 0.05) is 31.1 Å². The lowest BCUT2D eigenvalue weighted by atomic mass is 9.95. The third-order valence-corrected chi connectivity index (χ3v) is 4.68. The quantitative estimate of drug-likeness (QED) is 0.426. The second-order valence-electron chi connectivity index (χ2n) is 6.59. The van der Waals surface area contributed by atoms with Crippen LogP contribution in [0.1, 0.15) is 44.3 Å². The molecule has 0 aromatic heterocycles. The van der Waals surface area contributed by atoms with Crippen molar-refractivity contribution >= 4 is 11.6 Å². The Hall–Kier alpha value is -1.99. The lowest BCUT2D eigenvalue weighted by Crippen LogP contribution is -2.42. The van der Waals surface area contributed by atoms with Gasteiger partial charge in [-0.25, -0.2) is 0 Å². The van der Waals surface area contributed by atoms with Crippen molar-refractivity contribution < 1.29 is 14.8 Å². The summed E-state index contributed by atoms with van der Waals surface area (Å²) in [4.78, 5) is 24.6. The van der Waals surface area contributed by atoms with E-state index in [4.69, 9.17) is 0 Å². The summed E-state index contributed by atoms with van der Waals surface area (Å²) >= 11 is 0. The minimum atomic E-state index is -0.769. The first kappa shape index (κ1) is 19.3. The number of amides is 1. The van der Waals surface area contributed by atoms with Gasteiger partial charge in [0.05, 0.1) is 11.0 Å². The number of non-ortho nitro benzene ring substituents is 1. The average molecular weight is 349 g/mol. The molecule has 1 heterocycles. The van der Waals surface area contributed by atoms with E-state index >= 15 is 0 Å². The third-order valence-electron chi connectivity index (χ3n) is 4.68. The van der Waals surface area contributed by atoms with E-state index in [1.165, 1.54) is 12.1 Å². The third kappa shape index (κ3) is 5.79. The summed E-state index contributed by atoms with van der Waals surface area (Å²) in [5.41, 5.74) is 0.535. The number of rotatable bonds is 8. The van der Waals surface area contributed by atoms with E-state index in [0.717, 1.165) is 45.3 Å². The predicted octanol–water partition coefficient (Wildman–Crippen LogP) is 2.26. The average Bonchev–Trinajstić information content (AvgIpc) is 2.62. The molecule has 2 rings (SSSR count). The van der Waals surface area contributed by atoms with Crippen LogP contribution in [0.5, 0.6) is 0 Å². The molecule has 7 heteroatoms. The maximum Gasteiger partial charge on any atom is 0.269 e. The van der Waals surface area contributed by atoms with Crippen molar-refractivity contribution in [2.45, 2.75) is 38.7 Å². The molecule has 1 amide bonds. The van der Waals surface area contributed by atoms with Crippen LogP contribution in [0.3, 0.4) is 0 Å². The van der Waals surface area contributed by atoms with Gasteiger partial charge < -0.3 is 15.3 Å². The topological polar surface area (TPSA) is 95.7 Å². The lowest BCUT2D eigenvalue weighted by molar-refractivity contribution is -0.385. The van der Waals surface area contributed by atoms with Crippen molar-refractivity contribution in [1.82, 2.24) is 10.2 Å². The number of likely N-dealkylation sites (tertiary alicyclic amines) is 1. The number of aliphatic hydroxyl groups is 1. The number of hydrogen-bond acceptors (Lipinski definition) is 5. The van der Waals surface area contributed by atoms with Crippen molar-refractivity contribution in [1.29, 1.82) is 0 Å². The molecular weight excluding hydrogens is 322 g/mol. The summed E-state index contributed by atoms with van der Waals surface area (Å²) < 4.78 is 0. The van der Waals surface area contributed by atoms with Crippen LogP contribution in [0, 0.1) is 16.0 Å². The number of nitrogens with zero attached hydrogens (tertiary/aromatic N) is 2. The molecule has 25 heavy (non-hydrogen) atoms. The van der Waals surface area contributed by atoms with Gasteiger partial charge in [-0.05, 0) is 37.9 Å². The fourth-order valence-electron chi connectivity index (χ4n) is 3.11. The number of nitro benzene ring substituents is 1. The van der Waals surface area contributed by atoms with Crippen LogP contribution < -0.4 is 5.32 Å². The maximum atomic E-state index is 12.1. The molecule has 1 unspecified atom stereocenters. The van der Waals surface area contributed by atoms with Crippen molar-refractivity contribution in [3.05, 3.63) is 39.9 Å². The first-order valence-corrected chi connectivity index (χ1v) is 8.93. The van der Waals surface area contributed by atoms with Gasteiger partial charge in [-0.1, -0.05) is 25.5 Å². The number of carbonyl (C=O) groups excluding carboxylic acids is 1. The molecule has 1 aromatic carbocycles. The highest BCUT2D eigenvalue weighted by Gasteiger charge is 2.26. The minimum absolute atomic E-state index is 0.0148. The number of carbonyl (C=O) groups is 1. The number of unbranched alkanes of at least 4 members (excludes halogenated alkanes) is 1. The van der Waals surface area contributed by atoms with Gasteiger partial charge in [0.2, 0.25) is 5.91 Å². The summed E-state index contributed by atoms with van der Waals surface area (Å²) in [6, 6.07) is 6.12. The Morgan fingerprint density at radius 1 is 1.44 bits per heavy atom. The number of nitrogens with one attached hydrogen (secondary N) is 1. The van der Waals surface area contributed by atoms with Crippen LogP contribution in [-0.4, -0.2) is 47.0 Å². The summed E-state index contributed by atoms with van der Waals surface area (Å²) in [6.45, 7) is 4.75. The standard InChI is InChI=1S/C18H27N3O4/c1-2-3-9-19-18(23)14-7-10-20(11-8-14)13-17(22)15-5-4-6-16(12-15)21(24)25/h4-6,12,14,17,22H,2-3,7-11,13H2,1H3,(H,19,23). The molecule has 1 aliphatic heterocycles. The van der Waals surface area contributed by atoms with Crippen molar-refractivity contribution in [3.8, 4) is 0 Å². The molecule has 0 spiro atoms. The Bertz CT molecular complexity index is 585. The van der Waals surface area contributed by atoms with Crippen LogP contribution in [0.2, 0.25) is 0 Å². The fourth-order valence-corrected chi connectivity index (χ4v) is 3.11. The van der Waals surface area contributed by atoms with Gasteiger partial charge in [-0.2, -0.15) is 0 Å². The Morgan fingerprint density at radius 3 is 2.80 bits per heavy atom. The molecule has 1 atom stereocenters. The van der Waals surface area contributed by atoms with Gasteiger partial charge in [0.25, 0.3) is 5.69 Å². The highest BCUT2D eigenvalue weighted by molar-refractivity contribution is 5.78. The number of aliphatic hydroxyl groups excluding tert-OH is 1. The summed E-state index contributed by atoms with van der Waals surface area (Å²) in [6.07, 6.45) is 2.85. The largest absolute Gasteiger partial charge is 0.387 e. The van der Waals surface area contributed by atoms with Crippen molar-refractivity contribution in [3.63, 3.8) is 0 Å². The second-order valence-corrected chi connectivity index (χ2v) is 6.59. The molecule has 0 radical (unpaired) electrons. The van der Waals surface area contributed by atoms with Crippen molar-refractivity contribution in [2.75, 3.05) is 26.2 Å². The number of hydrogen-bond donors (Lipinski definition) is 2. The van der Waals surface area contributed by atoms with Gasteiger partial charge >= 0.3 is 0 Å². The molecule has 0 saturated carbocycles. The number of nitro groups is 1. The number of benzene rings is 1. The predicted molar refractivity (Wildman–Crippen MR) is 95.1 cm³/mol. The van der Waals surface area contributed by atoms with E-state index in [1.807, 2.05) is 0 Å². The summed E-state index contributed by atoms with van der Waals surface area (Å²) in [7, 11) is 0. The Morgan fingerprint density at radius 2 is 2.16 bits per heavy atom. The van der Waals surface area contributed by atoms with E-state index < -0.39 is 11.0 Å². The first-order chi connectivity index (χ1) is 12.0. The molecular formula is C18H27N3O4. The summed E-state index contributed by atoms with van der Waals surface area (Å²) in [5.74, 6) is 0.176. The molecule has 1 aromatic rings. The van der Waals surface area contributed by atoms with Gasteiger partial charge in [0.1, 0.15) is 0 Å². The molecule has 1 aliphatic rings. The van der Waals surface area contributed by atoms with E-state index in [-0.39, 0.29) is 17.5 Å². The number of piperidine rings is 1. The monoisotopic (exact) mass is 349 g/mol. The van der Waals surface area contributed by atoms with E-state index in [1.54, 1.807) is 12.1 Å². The van der Waals surface area contributed by atoms with Crippen LogP contribution in [0.4, 0.5) is 5.69 Å². The molecule has 1 fully saturated rings. The Kier molecular flexibility index (Phi) is 7.33. The Labute approximate surface area is 148 Å². The van der Waals surface area contributed by atoms with Crippen LogP contribution in [-0.2, 0) is 4.79 Å². The minimum Gasteiger partial charge on any atom is -0.387 e. The highest BCUT2D eigenvalue weighted by atomic mass is 16.6. The highest BCUT2D eigenvalue weighted by Crippen LogP contribution is 2.23. The van der Waals surface area contributed by atoms with E-state index in [0.29, 0.717) is 12.1 Å². The van der Waals surface area contributed by atoms with E-state index in [2.05, 4.69) is 17.1 Å². The molecule has 0 aliphatic carbocycles. The van der Waals surface area contributed by atoms with E-state index in [9.17, 15) is 20.0 Å². The second kappa shape index (κ2) is 9.48. The smallest absolute Gasteiger partial charge is 0.269 e. The molecule has 2 N–H and O–H groups in total. The number of β-amino-alcohol motifs (C(OH)–C–C–N with tert-alkyl or cyclic N) is 1. The molecule has 0 bridgehead atoms. The SMILES string of the molecule is CCCCNC(=O)C1CCN(CC(O)c2cccc([N+](=O)[O-])c2)CC1.